The van der Waals surface area contributed by atoms with Crippen molar-refractivity contribution >= 4 is 5.97 Å². The summed E-state index contributed by atoms with van der Waals surface area (Å²) in [4.78, 5) is 12.3. The Hall–Kier alpha value is -3.07. The molecule has 0 N–H and O–H groups in total. The summed E-state index contributed by atoms with van der Waals surface area (Å²) in [7, 11) is 1.60. The van der Waals surface area contributed by atoms with E-state index in [4.69, 9.17) is 9.47 Å². The maximum Gasteiger partial charge on any atom is 0.343 e. The van der Waals surface area contributed by atoms with Crippen molar-refractivity contribution in [1.29, 1.82) is 0 Å². The van der Waals surface area contributed by atoms with Crippen molar-refractivity contribution in [2.24, 2.45) is 0 Å². The highest BCUT2D eigenvalue weighted by Crippen LogP contribution is 2.18. The first-order chi connectivity index (χ1) is 16.2. The lowest BCUT2D eigenvalue weighted by molar-refractivity contribution is 0.0734. The van der Waals surface area contributed by atoms with Gasteiger partial charge in [-0.15, -0.1) is 0 Å². The minimum absolute atomic E-state index is 0.362. The van der Waals surface area contributed by atoms with Crippen molar-refractivity contribution in [1.82, 2.24) is 0 Å². The fourth-order valence-corrected chi connectivity index (χ4v) is 3.90. The average molecular weight is 445 g/mol. The van der Waals surface area contributed by atoms with E-state index in [-0.39, 0.29) is 5.97 Å². The number of ether oxygens (including phenoxy) is 2. The summed E-state index contributed by atoms with van der Waals surface area (Å²) >= 11 is 0. The zero-order valence-electron chi connectivity index (χ0n) is 20.0. The van der Waals surface area contributed by atoms with Crippen molar-refractivity contribution < 1.29 is 14.3 Å². The molecule has 0 aromatic heterocycles. The summed E-state index contributed by atoms with van der Waals surface area (Å²) in [6.45, 7) is 2.25. The Balaban J connectivity index is 1.34. The molecule has 0 fully saturated rings. The maximum atomic E-state index is 12.3. The number of aryl methyl sites for hydroxylation is 3. The largest absolute Gasteiger partial charge is 0.497 e. The second kappa shape index (κ2) is 13.5. The highest BCUT2D eigenvalue weighted by Gasteiger charge is 2.08. The molecule has 0 bridgehead atoms. The van der Waals surface area contributed by atoms with Crippen LogP contribution in [0.5, 0.6) is 11.5 Å². The topological polar surface area (TPSA) is 35.5 Å². The summed E-state index contributed by atoms with van der Waals surface area (Å²) in [6.07, 6.45) is 10.9. The van der Waals surface area contributed by atoms with Gasteiger partial charge in [0.15, 0.2) is 0 Å². The van der Waals surface area contributed by atoms with Gasteiger partial charge in [0, 0.05) is 0 Å². The number of carbonyl (C=O) groups is 1. The molecule has 3 nitrogen and oxygen atoms in total. The molecule has 0 radical (unpaired) electrons. The maximum absolute atomic E-state index is 12.3. The summed E-state index contributed by atoms with van der Waals surface area (Å²) in [6, 6.07) is 24.0. The average Bonchev–Trinajstić information content (AvgIpc) is 2.86. The molecule has 3 aromatic rings. The lowest BCUT2D eigenvalue weighted by atomic mass is 10.0. The van der Waals surface area contributed by atoms with E-state index in [0.717, 1.165) is 12.8 Å². The minimum Gasteiger partial charge on any atom is -0.497 e. The molecular formula is C30H36O3. The van der Waals surface area contributed by atoms with Crippen LogP contribution in [-0.2, 0) is 19.3 Å². The molecular weight excluding hydrogens is 408 g/mol. The van der Waals surface area contributed by atoms with Gasteiger partial charge in [0.1, 0.15) is 11.5 Å². The number of esters is 1. The standard InChI is InChI=1S/C30H36O3/c1-3-4-6-9-24-12-14-25(15-13-24)10-7-5-8-11-26-16-20-29(21-17-26)33-30(31)27-18-22-28(32-2)23-19-27/h12-23H,3-11H2,1-2H3. The lowest BCUT2D eigenvalue weighted by Crippen LogP contribution is -2.08. The predicted molar refractivity (Wildman–Crippen MR) is 135 cm³/mol. The third-order valence-corrected chi connectivity index (χ3v) is 5.98. The first-order valence-corrected chi connectivity index (χ1v) is 12.2. The number of carbonyl (C=O) groups excluding carboxylic acids is 1. The first kappa shape index (κ1) is 24.6. The van der Waals surface area contributed by atoms with E-state index < -0.39 is 0 Å². The van der Waals surface area contributed by atoms with E-state index in [2.05, 4.69) is 31.2 Å². The smallest absolute Gasteiger partial charge is 0.343 e. The number of hydrogen-bond donors (Lipinski definition) is 0. The van der Waals surface area contributed by atoms with Crippen molar-refractivity contribution in [2.45, 2.75) is 64.7 Å². The third-order valence-electron chi connectivity index (χ3n) is 5.98. The fraction of sp³-hybridized carbons (Fsp3) is 0.367. The Morgan fingerprint density at radius 1 is 0.606 bits per heavy atom. The van der Waals surface area contributed by atoms with Crippen LogP contribution in [0.2, 0.25) is 0 Å². The van der Waals surface area contributed by atoms with Crippen LogP contribution in [0.1, 0.15) is 72.5 Å². The Morgan fingerprint density at radius 2 is 1.06 bits per heavy atom. The molecule has 0 aliphatic rings. The van der Waals surface area contributed by atoms with Gasteiger partial charge in [-0.05, 0) is 91.6 Å². The molecule has 0 spiro atoms. The van der Waals surface area contributed by atoms with E-state index in [1.807, 2.05) is 24.3 Å². The van der Waals surface area contributed by atoms with Crippen LogP contribution in [0, 0.1) is 0 Å². The third kappa shape index (κ3) is 8.42. The van der Waals surface area contributed by atoms with E-state index in [1.165, 1.54) is 61.6 Å². The van der Waals surface area contributed by atoms with Crippen molar-refractivity contribution in [3.05, 3.63) is 95.1 Å². The van der Waals surface area contributed by atoms with Crippen LogP contribution < -0.4 is 9.47 Å². The Labute approximate surface area is 198 Å². The molecule has 0 aliphatic heterocycles. The molecule has 0 saturated heterocycles. The van der Waals surface area contributed by atoms with Gasteiger partial charge in [-0.3, -0.25) is 0 Å². The summed E-state index contributed by atoms with van der Waals surface area (Å²) in [5.74, 6) is 0.920. The summed E-state index contributed by atoms with van der Waals surface area (Å²) in [5, 5.41) is 0. The monoisotopic (exact) mass is 444 g/mol. The molecule has 3 rings (SSSR count). The minimum atomic E-state index is -0.362. The van der Waals surface area contributed by atoms with Crippen molar-refractivity contribution in [3.63, 3.8) is 0 Å². The van der Waals surface area contributed by atoms with Crippen molar-refractivity contribution in [3.8, 4) is 11.5 Å². The number of benzene rings is 3. The van der Waals surface area contributed by atoms with E-state index in [1.54, 1.807) is 31.4 Å². The number of methoxy groups -OCH3 is 1. The van der Waals surface area contributed by atoms with Crippen LogP contribution >= 0.6 is 0 Å². The Kier molecular flexibility index (Phi) is 10.0. The summed E-state index contributed by atoms with van der Waals surface area (Å²) < 4.78 is 10.6. The SMILES string of the molecule is CCCCCc1ccc(CCCCCc2ccc(OC(=O)c3ccc(OC)cc3)cc2)cc1. The Morgan fingerprint density at radius 3 is 1.55 bits per heavy atom. The molecule has 0 atom stereocenters. The predicted octanol–water partition coefficient (Wildman–Crippen LogP) is 7.60. The van der Waals surface area contributed by atoms with Gasteiger partial charge >= 0.3 is 5.97 Å². The lowest BCUT2D eigenvalue weighted by Gasteiger charge is -2.07. The molecule has 33 heavy (non-hydrogen) atoms. The van der Waals surface area contributed by atoms with Crippen LogP contribution in [0.25, 0.3) is 0 Å². The first-order valence-electron chi connectivity index (χ1n) is 12.2. The second-order valence-corrected chi connectivity index (χ2v) is 8.60. The van der Waals surface area contributed by atoms with Crippen molar-refractivity contribution in [2.75, 3.05) is 7.11 Å². The second-order valence-electron chi connectivity index (χ2n) is 8.60. The van der Waals surface area contributed by atoms with Crippen LogP contribution in [0.4, 0.5) is 0 Å². The molecule has 0 aliphatic carbocycles. The number of hydrogen-bond acceptors (Lipinski definition) is 3. The van der Waals surface area contributed by atoms with E-state index >= 15 is 0 Å². The normalized spacial score (nSPS) is 10.7. The van der Waals surface area contributed by atoms with Gasteiger partial charge < -0.3 is 9.47 Å². The fourth-order valence-electron chi connectivity index (χ4n) is 3.90. The molecule has 174 valence electrons. The quantitative estimate of drug-likeness (QED) is 0.155. The van der Waals surface area contributed by atoms with E-state index in [9.17, 15) is 4.79 Å². The van der Waals surface area contributed by atoms with Crippen LogP contribution in [-0.4, -0.2) is 13.1 Å². The van der Waals surface area contributed by atoms with E-state index in [0.29, 0.717) is 17.1 Å². The highest BCUT2D eigenvalue weighted by molar-refractivity contribution is 5.91. The molecule has 0 heterocycles. The molecule has 0 amide bonds. The molecule has 3 aromatic carbocycles. The van der Waals surface area contributed by atoms with Gasteiger partial charge in [-0.25, -0.2) is 4.79 Å². The van der Waals surface area contributed by atoms with Gasteiger partial charge in [-0.1, -0.05) is 62.6 Å². The van der Waals surface area contributed by atoms with Crippen LogP contribution in [0.15, 0.2) is 72.8 Å². The number of rotatable bonds is 13. The zero-order valence-corrected chi connectivity index (χ0v) is 20.0. The van der Waals surface area contributed by atoms with Gasteiger partial charge in [0.05, 0.1) is 12.7 Å². The highest BCUT2D eigenvalue weighted by atomic mass is 16.5. The van der Waals surface area contributed by atoms with Gasteiger partial charge in [0.2, 0.25) is 0 Å². The molecule has 0 saturated carbocycles. The Bertz CT molecular complexity index is 957. The number of unbranched alkanes of at least 4 members (excludes halogenated alkanes) is 4. The summed E-state index contributed by atoms with van der Waals surface area (Å²) in [5.41, 5.74) is 4.68. The molecule has 3 heteroatoms. The van der Waals surface area contributed by atoms with Crippen LogP contribution in [0.3, 0.4) is 0 Å². The van der Waals surface area contributed by atoms with Gasteiger partial charge in [0.25, 0.3) is 0 Å². The molecule has 0 unspecified atom stereocenters. The van der Waals surface area contributed by atoms with Gasteiger partial charge in [-0.2, -0.15) is 0 Å². The zero-order chi connectivity index (χ0) is 23.3.